The zero-order chi connectivity index (χ0) is 11.4. The third-order valence-corrected chi connectivity index (χ3v) is 2.74. The minimum absolute atomic E-state index is 0.0299. The van der Waals surface area contributed by atoms with E-state index in [2.05, 4.69) is 0 Å². The molecule has 0 spiro atoms. The summed E-state index contributed by atoms with van der Waals surface area (Å²) in [5, 5.41) is -0.533. The van der Waals surface area contributed by atoms with E-state index in [0.29, 0.717) is 0 Å². The molecule has 0 aliphatic carbocycles. The smallest absolute Gasteiger partial charge is 0.306 e. The van der Waals surface area contributed by atoms with Gasteiger partial charge < -0.3 is 4.90 Å². The van der Waals surface area contributed by atoms with Crippen molar-refractivity contribution >= 4 is 28.6 Å². The molecule has 1 unspecified atom stereocenters. The van der Waals surface area contributed by atoms with Crippen molar-refractivity contribution in [1.82, 2.24) is 4.90 Å². The number of hydrogen-bond acceptors (Lipinski definition) is 1. The van der Waals surface area contributed by atoms with Gasteiger partial charge in [-0.1, -0.05) is 41.9 Å². The maximum Gasteiger partial charge on any atom is 0.318 e. The molecule has 0 N–H and O–H groups in total. The number of alkyl halides is 1. The molecule has 1 rings (SSSR count). The minimum Gasteiger partial charge on any atom is -0.306 e. The lowest BCUT2D eigenvalue weighted by Gasteiger charge is -2.29. The van der Waals surface area contributed by atoms with Crippen LogP contribution in [0.15, 0.2) is 30.3 Å². The molecule has 2 nitrogen and oxygen atoms in total. The lowest BCUT2D eigenvalue weighted by atomic mass is 10.2. The summed E-state index contributed by atoms with van der Waals surface area (Å²) in [6.45, 7) is 3.75. The number of amides is 1. The Hall–Kier alpha value is -0.730. The number of carbonyl (C=O) groups is 1. The van der Waals surface area contributed by atoms with E-state index >= 15 is 0 Å². The lowest BCUT2D eigenvalue weighted by molar-refractivity contribution is 0.200. The van der Waals surface area contributed by atoms with Crippen LogP contribution in [-0.2, 0) is 0 Å². The summed E-state index contributed by atoms with van der Waals surface area (Å²) in [5.41, 5.74) is 0.345. The zero-order valence-electron chi connectivity index (χ0n) is 8.65. The van der Waals surface area contributed by atoms with Crippen molar-refractivity contribution in [3.63, 3.8) is 0 Å². The maximum absolute atomic E-state index is 11.2. The van der Waals surface area contributed by atoms with Gasteiger partial charge in [0.05, 0.1) is 0 Å². The first kappa shape index (κ1) is 12.3. The SMILES string of the molecule is CC(C)N(C(=O)Cl)C(Cl)c1ccccc1. The summed E-state index contributed by atoms with van der Waals surface area (Å²) in [7, 11) is 0. The number of halogens is 2. The Morgan fingerprint density at radius 3 is 2.20 bits per heavy atom. The highest BCUT2D eigenvalue weighted by atomic mass is 35.5. The number of rotatable bonds is 3. The van der Waals surface area contributed by atoms with E-state index in [1.165, 1.54) is 4.90 Å². The van der Waals surface area contributed by atoms with Gasteiger partial charge in [0.15, 0.2) is 0 Å². The normalized spacial score (nSPS) is 12.6. The Morgan fingerprint density at radius 1 is 1.27 bits per heavy atom. The fourth-order valence-corrected chi connectivity index (χ4v) is 2.13. The number of hydrogen-bond donors (Lipinski definition) is 0. The fraction of sp³-hybridized carbons (Fsp3) is 0.364. The molecule has 4 heteroatoms. The Bertz CT molecular complexity index is 327. The van der Waals surface area contributed by atoms with Gasteiger partial charge in [-0.2, -0.15) is 0 Å². The van der Waals surface area contributed by atoms with Crippen LogP contribution < -0.4 is 0 Å². The third-order valence-electron chi connectivity index (χ3n) is 2.08. The molecule has 1 atom stereocenters. The molecule has 15 heavy (non-hydrogen) atoms. The number of benzene rings is 1. The highest BCUT2D eigenvalue weighted by Gasteiger charge is 2.24. The summed E-state index contributed by atoms with van der Waals surface area (Å²) in [4.78, 5) is 12.6. The molecule has 0 saturated heterocycles. The van der Waals surface area contributed by atoms with Crippen LogP contribution >= 0.6 is 23.2 Å². The number of nitrogens with zero attached hydrogens (tertiary/aromatic N) is 1. The monoisotopic (exact) mass is 245 g/mol. The van der Waals surface area contributed by atoms with Crippen LogP contribution in [0.3, 0.4) is 0 Å². The molecule has 1 aromatic rings. The van der Waals surface area contributed by atoms with Crippen molar-refractivity contribution in [2.45, 2.75) is 25.4 Å². The molecule has 0 aliphatic rings. The molecule has 82 valence electrons. The van der Waals surface area contributed by atoms with Crippen LogP contribution in [0.1, 0.15) is 24.9 Å². The average Bonchev–Trinajstić information content (AvgIpc) is 2.18. The second-order valence-corrected chi connectivity index (χ2v) is 4.24. The molecule has 0 heterocycles. The van der Waals surface area contributed by atoms with Crippen LogP contribution in [0.4, 0.5) is 4.79 Å². The first-order chi connectivity index (χ1) is 7.04. The van der Waals surface area contributed by atoms with Gasteiger partial charge in [0, 0.05) is 6.04 Å². The van der Waals surface area contributed by atoms with E-state index in [1.54, 1.807) is 0 Å². The Labute approximate surface area is 99.8 Å². The Balaban J connectivity index is 2.91. The molecule has 0 fully saturated rings. The highest BCUT2D eigenvalue weighted by molar-refractivity contribution is 6.63. The zero-order valence-corrected chi connectivity index (χ0v) is 10.2. The van der Waals surface area contributed by atoms with Crippen molar-refractivity contribution in [3.8, 4) is 0 Å². The van der Waals surface area contributed by atoms with Crippen LogP contribution in [0.2, 0.25) is 0 Å². The van der Waals surface area contributed by atoms with Gasteiger partial charge >= 0.3 is 5.37 Å². The summed E-state index contributed by atoms with van der Waals surface area (Å²) < 4.78 is 0. The molecule has 0 aliphatic heterocycles. The summed E-state index contributed by atoms with van der Waals surface area (Å²) in [5.74, 6) is 0. The van der Waals surface area contributed by atoms with Crippen LogP contribution in [0, 0.1) is 0 Å². The van der Waals surface area contributed by atoms with E-state index in [4.69, 9.17) is 23.2 Å². The van der Waals surface area contributed by atoms with Gasteiger partial charge in [-0.3, -0.25) is 4.79 Å². The van der Waals surface area contributed by atoms with Gasteiger partial charge in [0.25, 0.3) is 0 Å². The molecular formula is C11H13Cl2NO. The highest BCUT2D eigenvalue weighted by Crippen LogP contribution is 2.27. The van der Waals surface area contributed by atoms with Crippen molar-refractivity contribution in [2.75, 3.05) is 0 Å². The molecule has 1 aromatic carbocycles. The lowest BCUT2D eigenvalue weighted by Crippen LogP contribution is -2.34. The van der Waals surface area contributed by atoms with E-state index in [0.717, 1.165) is 5.56 Å². The van der Waals surface area contributed by atoms with Crippen molar-refractivity contribution in [2.24, 2.45) is 0 Å². The summed E-state index contributed by atoms with van der Waals surface area (Å²) in [6.07, 6.45) is 0. The van der Waals surface area contributed by atoms with Crippen LogP contribution in [-0.4, -0.2) is 16.3 Å². The van der Waals surface area contributed by atoms with E-state index < -0.39 is 10.9 Å². The predicted molar refractivity (Wildman–Crippen MR) is 63.3 cm³/mol. The summed E-state index contributed by atoms with van der Waals surface area (Å²) in [6, 6.07) is 9.36. The minimum atomic E-state index is -0.533. The molecular weight excluding hydrogens is 233 g/mol. The quantitative estimate of drug-likeness (QED) is 0.448. The first-order valence-corrected chi connectivity index (χ1v) is 5.52. The van der Waals surface area contributed by atoms with Gasteiger partial charge in [-0.15, -0.1) is 0 Å². The van der Waals surface area contributed by atoms with Crippen LogP contribution in [0.5, 0.6) is 0 Å². The third kappa shape index (κ3) is 3.11. The largest absolute Gasteiger partial charge is 0.318 e. The second kappa shape index (κ2) is 5.38. The van der Waals surface area contributed by atoms with E-state index in [9.17, 15) is 4.79 Å². The molecule has 0 saturated carbocycles. The van der Waals surface area contributed by atoms with Gasteiger partial charge in [0.2, 0.25) is 0 Å². The molecule has 1 amide bonds. The van der Waals surface area contributed by atoms with Gasteiger partial charge in [-0.25, -0.2) is 0 Å². The summed E-state index contributed by atoms with van der Waals surface area (Å²) >= 11 is 11.7. The standard InChI is InChI=1S/C11H13Cl2NO/c1-8(2)14(11(13)15)10(12)9-6-4-3-5-7-9/h3-8,10H,1-2H3. The first-order valence-electron chi connectivity index (χ1n) is 4.71. The van der Waals surface area contributed by atoms with E-state index in [1.807, 2.05) is 44.2 Å². The molecule has 0 bridgehead atoms. The van der Waals surface area contributed by atoms with E-state index in [-0.39, 0.29) is 6.04 Å². The Kier molecular flexibility index (Phi) is 4.43. The maximum atomic E-state index is 11.2. The van der Waals surface area contributed by atoms with Crippen molar-refractivity contribution in [3.05, 3.63) is 35.9 Å². The topological polar surface area (TPSA) is 20.3 Å². The van der Waals surface area contributed by atoms with Crippen LogP contribution in [0.25, 0.3) is 0 Å². The Morgan fingerprint density at radius 2 is 1.80 bits per heavy atom. The predicted octanol–water partition coefficient (Wildman–Crippen LogP) is 3.99. The van der Waals surface area contributed by atoms with Crippen molar-refractivity contribution < 1.29 is 4.79 Å². The van der Waals surface area contributed by atoms with Gasteiger partial charge in [-0.05, 0) is 31.0 Å². The second-order valence-electron chi connectivity index (χ2n) is 3.50. The molecule has 0 radical (unpaired) electrons. The van der Waals surface area contributed by atoms with Crippen molar-refractivity contribution in [1.29, 1.82) is 0 Å². The van der Waals surface area contributed by atoms with Gasteiger partial charge in [0.1, 0.15) is 5.50 Å². The number of carbonyl (C=O) groups excluding carboxylic acids is 1. The molecule has 0 aromatic heterocycles. The average molecular weight is 246 g/mol. The fourth-order valence-electron chi connectivity index (χ4n) is 1.33.